The Morgan fingerprint density at radius 2 is 1.84 bits per heavy atom. The number of benzene rings is 2. The predicted molar refractivity (Wildman–Crippen MR) is 105 cm³/mol. The molecular formula is C20H26ClN3O. The maximum atomic E-state index is 10.0. The van der Waals surface area contributed by atoms with E-state index in [0.29, 0.717) is 11.8 Å². The van der Waals surface area contributed by atoms with E-state index in [-0.39, 0.29) is 0 Å². The van der Waals surface area contributed by atoms with Gasteiger partial charge in [0.2, 0.25) is 0 Å². The van der Waals surface area contributed by atoms with E-state index in [0.717, 1.165) is 36.9 Å². The minimum atomic E-state index is 0.321. The van der Waals surface area contributed by atoms with Gasteiger partial charge in [-0.3, -0.25) is 4.90 Å². The van der Waals surface area contributed by atoms with E-state index in [1.165, 1.54) is 11.1 Å². The van der Waals surface area contributed by atoms with Crippen LogP contribution in [0.5, 0.6) is 5.75 Å². The summed E-state index contributed by atoms with van der Waals surface area (Å²) in [5.41, 5.74) is 3.36. The normalized spacial score (nSPS) is 19.1. The van der Waals surface area contributed by atoms with E-state index < -0.39 is 0 Å². The van der Waals surface area contributed by atoms with Crippen molar-refractivity contribution in [2.75, 3.05) is 45.7 Å². The van der Waals surface area contributed by atoms with Crippen molar-refractivity contribution in [3.63, 3.8) is 0 Å². The highest BCUT2D eigenvalue weighted by Gasteiger charge is 2.26. The van der Waals surface area contributed by atoms with Crippen molar-refractivity contribution < 1.29 is 5.11 Å². The van der Waals surface area contributed by atoms with E-state index in [9.17, 15) is 5.11 Å². The molecule has 1 N–H and O–H groups in total. The van der Waals surface area contributed by atoms with Gasteiger partial charge in [0, 0.05) is 51.3 Å². The molecule has 0 radical (unpaired) electrons. The maximum Gasteiger partial charge on any atom is 0.138 e. The number of hydrogen-bond acceptors (Lipinski definition) is 4. The highest BCUT2D eigenvalue weighted by atomic mass is 35.5. The van der Waals surface area contributed by atoms with Crippen molar-refractivity contribution in [3.05, 3.63) is 58.6 Å². The lowest BCUT2D eigenvalue weighted by Crippen LogP contribution is -2.46. The van der Waals surface area contributed by atoms with Crippen molar-refractivity contribution in [2.24, 2.45) is 0 Å². The number of hydrogen-bond donors (Lipinski definition) is 1. The summed E-state index contributed by atoms with van der Waals surface area (Å²) in [7, 11) is 6.07. The molecule has 0 amide bonds. The van der Waals surface area contributed by atoms with Gasteiger partial charge < -0.3 is 14.9 Å². The molecule has 0 spiro atoms. The van der Waals surface area contributed by atoms with Crippen LogP contribution in [-0.4, -0.2) is 55.7 Å². The number of phenols is 1. The summed E-state index contributed by atoms with van der Waals surface area (Å²) in [6.45, 7) is 3.94. The van der Waals surface area contributed by atoms with Gasteiger partial charge in [-0.2, -0.15) is 0 Å². The summed E-state index contributed by atoms with van der Waals surface area (Å²) in [5.74, 6) is 0.321. The van der Waals surface area contributed by atoms with Crippen molar-refractivity contribution in [1.82, 2.24) is 9.80 Å². The van der Waals surface area contributed by atoms with Crippen LogP contribution in [0.15, 0.2) is 42.5 Å². The van der Waals surface area contributed by atoms with Gasteiger partial charge in [0.1, 0.15) is 5.75 Å². The Kier molecular flexibility index (Phi) is 5.52. The summed E-state index contributed by atoms with van der Waals surface area (Å²) < 4.78 is 0. The zero-order valence-electron chi connectivity index (χ0n) is 15.1. The second-order valence-electron chi connectivity index (χ2n) is 7.02. The Bertz CT molecular complexity index is 717. The van der Waals surface area contributed by atoms with Gasteiger partial charge in [-0.25, -0.2) is 0 Å². The number of piperazine rings is 1. The molecule has 3 rings (SSSR count). The number of phenolic OH excluding ortho intramolecular Hbond substituents is 1. The molecule has 1 unspecified atom stereocenters. The summed E-state index contributed by atoms with van der Waals surface area (Å²) in [6, 6.07) is 14.4. The summed E-state index contributed by atoms with van der Waals surface area (Å²) in [4.78, 5) is 6.83. The van der Waals surface area contributed by atoms with Gasteiger partial charge in [-0.15, -0.1) is 0 Å². The van der Waals surface area contributed by atoms with Gasteiger partial charge in [0.25, 0.3) is 0 Å². The van der Waals surface area contributed by atoms with Crippen molar-refractivity contribution in [1.29, 1.82) is 0 Å². The Balaban J connectivity index is 1.84. The summed E-state index contributed by atoms with van der Waals surface area (Å²) in [6.07, 6.45) is 0. The zero-order valence-corrected chi connectivity index (χ0v) is 15.9. The van der Waals surface area contributed by atoms with Crippen LogP contribution < -0.4 is 4.90 Å². The molecule has 25 heavy (non-hydrogen) atoms. The number of nitrogens with zero attached hydrogens (tertiary/aromatic N) is 3. The monoisotopic (exact) mass is 359 g/mol. The molecule has 0 saturated carbocycles. The third-order valence-electron chi connectivity index (χ3n) is 4.86. The fourth-order valence-corrected chi connectivity index (χ4v) is 3.53. The fourth-order valence-electron chi connectivity index (χ4n) is 3.41. The summed E-state index contributed by atoms with van der Waals surface area (Å²) in [5, 5.41) is 10.8. The van der Waals surface area contributed by atoms with Gasteiger partial charge in [-0.05, 0) is 42.4 Å². The van der Waals surface area contributed by atoms with Crippen LogP contribution in [-0.2, 0) is 6.54 Å². The lowest BCUT2D eigenvalue weighted by Gasteiger charge is -2.40. The predicted octanol–water partition coefficient (Wildman–Crippen LogP) is 3.60. The molecule has 2 aromatic carbocycles. The van der Waals surface area contributed by atoms with Crippen molar-refractivity contribution >= 4 is 17.3 Å². The molecule has 1 saturated heterocycles. The number of anilines is 1. The highest BCUT2D eigenvalue weighted by molar-refractivity contribution is 6.30. The maximum absolute atomic E-state index is 10.0. The topological polar surface area (TPSA) is 30.0 Å². The van der Waals surface area contributed by atoms with Crippen molar-refractivity contribution in [3.8, 4) is 5.75 Å². The third kappa shape index (κ3) is 4.27. The first-order chi connectivity index (χ1) is 11.9. The molecular weight excluding hydrogens is 334 g/mol. The lowest BCUT2D eigenvalue weighted by molar-refractivity contribution is 0.0834. The standard InChI is InChI=1S/C20H26ClN3O/c1-22(2)18-12-15(4-9-20(18)25)13-24-11-10-23(3)14-19(24)16-5-7-17(21)8-6-16/h4-9,12,19,25H,10-11,13-14H2,1-3H3. The molecule has 134 valence electrons. The van der Waals surface area contributed by atoms with Crippen molar-refractivity contribution in [2.45, 2.75) is 12.6 Å². The molecule has 1 heterocycles. The number of aromatic hydroxyl groups is 1. The second kappa shape index (κ2) is 7.65. The molecule has 0 aliphatic carbocycles. The molecule has 1 aliphatic heterocycles. The molecule has 1 fully saturated rings. The molecule has 0 bridgehead atoms. The molecule has 2 aromatic rings. The van der Waals surface area contributed by atoms with Crippen LogP contribution in [0.1, 0.15) is 17.2 Å². The first-order valence-electron chi connectivity index (χ1n) is 8.61. The molecule has 1 aliphatic rings. The van der Waals surface area contributed by atoms with E-state index >= 15 is 0 Å². The highest BCUT2D eigenvalue weighted by Crippen LogP contribution is 2.31. The van der Waals surface area contributed by atoms with Gasteiger partial charge >= 0.3 is 0 Å². The number of likely N-dealkylation sites (N-methyl/N-ethyl adjacent to an activating group) is 1. The third-order valence-corrected chi connectivity index (χ3v) is 5.11. The largest absolute Gasteiger partial charge is 0.506 e. The SMILES string of the molecule is CN1CCN(Cc2ccc(O)c(N(C)C)c2)C(c2ccc(Cl)cc2)C1. The van der Waals surface area contributed by atoms with Crippen LogP contribution in [0, 0.1) is 0 Å². The van der Waals surface area contributed by atoms with Gasteiger partial charge in [0.05, 0.1) is 5.69 Å². The Morgan fingerprint density at radius 1 is 1.12 bits per heavy atom. The first kappa shape index (κ1) is 18.1. The Morgan fingerprint density at radius 3 is 2.52 bits per heavy atom. The Labute approximate surface area is 155 Å². The van der Waals surface area contributed by atoms with Crippen LogP contribution >= 0.6 is 11.6 Å². The Hall–Kier alpha value is -1.75. The zero-order chi connectivity index (χ0) is 18.0. The first-order valence-corrected chi connectivity index (χ1v) is 8.99. The number of halogens is 1. The average Bonchev–Trinajstić information content (AvgIpc) is 2.58. The van der Waals surface area contributed by atoms with E-state index in [1.807, 2.05) is 37.2 Å². The summed E-state index contributed by atoms with van der Waals surface area (Å²) >= 11 is 6.05. The van der Waals surface area contributed by atoms with Gasteiger partial charge in [-0.1, -0.05) is 29.8 Å². The van der Waals surface area contributed by atoms with E-state index in [4.69, 9.17) is 11.6 Å². The quantitative estimate of drug-likeness (QED) is 0.903. The lowest BCUT2D eigenvalue weighted by atomic mass is 10.0. The van der Waals surface area contributed by atoms with E-state index in [1.54, 1.807) is 6.07 Å². The number of rotatable bonds is 4. The van der Waals surface area contributed by atoms with E-state index in [2.05, 4.69) is 35.0 Å². The van der Waals surface area contributed by atoms with Crippen LogP contribution in [0.2, 0.25) is 5.02 Å². The van der Waals surface area contributed by atoms with Gasteiger partial charge in [0.15, 0.2) is 0 Å². The van der Waals surface area contributed by atoms with Crippen LogP contribution in [0.25, 0.3) is 0 Å². The minimum Gasteiger partial charge on any atom is -0.506 e. The average molecular weight is 360 g/mol. The molecule has 4 nitrogen and oxygen atoms in total. The van der Waals surface area contributed by atoms with Crippen LogP contribution in [0.4, 0.5) is 5.69 Å². The molecule has 5 heteroatoms. The molecule has 1 atom stereocenters. The second-order valence-corrected chi connectivity index (χ2v) is 7.45. The van der Waals surface area contributed by atoms with Crippen LogP contribution in [0.3, 0.4) is 0 Å². The minimum absolute atomic E-state index is 0.321. The smallest absolute Gasteiger partial charge is 0.138 e. The molecule has 0 aromatic heterocycles. The fraction of sp³-hybridized carbons (Fsp3) is 0.400.